The Balaban J connectivity index is 1.45. The quantitative estimate of drug-likeness (QED) is 0.527. The van der Waals surface area contributed by atoms with Crippen LogP contribution in [0.1, 0.15) is 11.4 Å². The highest BCUT2D eigenvalue weighted by Gasteiger charge is 2.10. The molecule has 0 amide bonds. The predicted octanol–water partition coefficient (Wildman–Crippen LogP) is 4.50. The zero-order chi connectivity index (χ0) is 17.2. The molecule has 126 valence electrons. The third kappa shape index (κ3) is 3.38. The summed E-state index contributed by atoms with van der Waals surface area (Å²) in [6, 6.07) is 17.0. The Hall–Kier alpha value is -2.38. The molecule has 0 saturated carbocycles. The fourth-order valence-corrected chi connectivity index (χ4v) is 3.81. The van der Waals surface area contributed by atoms with Gasteiger partial charge < -0.3 is 5.32 Å². The van der Waals surface area contributed by atoms with Gasteiger partial charge in [0.25, 0.3) is 0 Å². The van der Waals surface area contributed by atoms with E-state index in [9.17, 15) is 0 Å². The number of anilines is 1. The standard InChI is InChI=1S/C18H17N5S2/c1-12-20-21-18-23(12)22-17(25-18)14-5-7-15(8-6-14)19-11-13-3-9-16(24-2)10-4-13/h3-10,19H,11H2,1-2H3. The second-order valence-corrected chi connectivity index (χ2v) is 7.46. The number of benzene rings is 2. The van der Waals surface area contributed by atoms with Gasteiger partial charge in [0.15, 0.2) is 5.82 Å². The first-order valence-corrected chi connectivity index (χ1v) is 9.93. The molecule has 0 unspecified atom stereocenters. The summed E-state index contributed by atoms with van der Waals surface area (Å²) in [5, 5.41) is 17.1. The SMILES string of the molecule is CSc1ccc(CNc2ccc(-c3nn4c(C)nnc4s3)cc2)cc1. The van der Waals surface area contributed by atoms with Crippen LogP contribution in [0.5, 0.6) is 0 Å². The van der Waals surface area contributed by atoms with Crippen LogP contribution in [-0.4, -0.2) is 26.1 Å². The van der Waals surface area contributed by atoms with Crippen LogP contribution >= 0.6 is 23.1 Å². The molecular formula is C18H17N5S2. The molecule has 4 rings (SSSR count). The van der Waals surface area contributed by atoms with Crippen molar-refractivity contribution in [1.29, 1.82) is 0 Å². The van der Waals surface area contributed by atoms with Gasteiger partial charge in [-0.15, -0.1) is 22.0 Å². The lowest BCUT2D eigenvalue weighted by atomic mass is 10.2. The maximum Gasteiger partial charge on any atom is 0.234 e. The van der Waals surface area contributed by atoms with Gasteiger partial charge in [-0.2, -0.15) is 9.61 Å². The molecule has 0 aliphatic heterocycles. The van der Waals surface area contributed by atoms with Crippen LogP contribution in [0, 0.1) is 6.92 Å². The summed E-state index contributed by atoms with van der Waals surface area (Å²) in [7, 11) is 0. The van der Waals surface area contributed by atoms with Crippen LogP contribution in [0.25, 0.3) is 15.5 Å². The van der Waals surface area contributed by atoms with Crippen LogP contribution in [0.3, 0.4) is 0 Å². The summed E-state index contributed by atoms with van der Waals surface area (Å²) in [4.78, 5) is 2.11. The minimum absolute atomic E-state index is 0.809. The molecule has 0 fully saturated rings. The number of thioether (sulfide) groups is 1. The van der Waals surface area contributed by atoms with Crippen molar-refractivity contribution >= 4 is 33.7 Å². The molecule has 4 aromatic rings. The van der Waals surface area contributed by atoms with Gasteiger partial charge in [0.2, 0.25) is 4.96 Å². The molecule has 2 aromatic carbocycles. The van der Waals surface area contributed by atoms with Gasteiger partial charge >= 0.3 is 0 Å². The Labute approximate surface area is 154 Å². The normalized spacial score (nSPS) is 11.1. The number of fused-ring (bicyclic) bond motifs is 1. The highest BCUT2D eigenvalue weighted by atomic mass is 32.2. The van der Waals surface area contributed by atoms with Crippen LogP contribution < -0.4 is 5.32 Å². The summed E-state index contributed by atoms with van der Waals surface area (Å²) in [6.07, 6.45) is 2.09. The molecule has 0 saturated heterocycles. The first-order chi connectivity index (χ1) is 12.2. The Morgan fingerprint density at radius 1 is 1.04 bits per heavy atom. The van der Waals surface area contributed by atoms with Crippen LogP contribution in [0.2, 0.25) is 0 Å². The van der Waals surface area contributed by atoms with E-state index in [-0.39, 0.29) is 0 Å². The number of aryl methyl sites for hydroxylation is 1. The van der Waals surface area contributed by atoms with Gasteiger partial charge in [0.1, 0.15) is 5.01 Å². The van der Waals surface area contributed by atoms with E-state index >= 15 is 0 Å². The fourth-order valence-electron chi connectivity index (χ4n) is 2.51. The lowest BCUT2D eigenvalue weighted by molar-refractivity contribution is 0.898. The molecule has 5 nitrogen and oxygen atoms in total. The molecular weight excluding hydrogens is 350 g/mol. The molecule has 0 radical (unpaired) electrons. The van der Waals surface area contributed by atoms with Crippen LogP contribution in [-0.2, 0) is 6.54 Å². The van der Waals surface area contributed by atoms with E-state index in [0.29, 0.717) is 0 Å². The highest BCUT2D eigenvalue weighted by molar-refractivity contribution is 7.98. The molecule has 0 aliphatic carbocycles. The predicted molar refractivity (Wildman–Crippen MR) is 104 cm³/mol. The zero-order valence-electron chi connectivity index (χ0n) is 13.9. The molecule has 0 atom stereocenters. The Kier molecular flexibility index (Phi) is 4.42. The molecule has 25 heavy (non-hydrogen) atoms. The molecule has 0 aliphatic rings. The van der Waals surface area contributed by atoms with E-state index in [1.54, 1.807) is 27.6 Å². The molecule has 0 bridgehead atoms. The number of aromatic nitrogens is 4. The monoisotopic (exact) mass is 367 g/mol. The van der Waals surface area contributed by atoms with Crippen LogP contribution in [0.4, 0.5) is 5.69 Å². The van der Waals surface area contributed by atoms with Gasteiger partial charge in [0, 0.05) is 22.7 Å². The molecule has 0 spiro atoms. The van der Waals surface area contributed by atoms with Crippen molar-refractivity contribution in [2.24, 2.45) is 0 Å². The number of hydrogen-bond donors (Lipinski definition) is 1. The number of hydrogen-bond acceptors (Lipinski definition) is 6. The summed E-state index contributed by atoms with van der Waals surface area (Å²) < 4.78 is 1.78. The summed E-state index contributed by atoms with van der Waals surface area (Å²) >= 11 is 3.31. The van der Waals surface area contributed by atoms with Gasteiger partial charge in [-0.3, -0.25) is 0 Å². The number of nitrogens with zero attached hydrogens (tertiary/aromatic N) is 4. The minimum Gasteiger partial charge on any atom is -0.381 e. The highest BCUT2D eigenvalue weighted by Crippen LogP contribution is 2.26. The Morgan fingerprint density at radius 3 is 2.48 bits per heavy atom. The lowest BCUT2D eigenvalue weighted by Crippen LogP contribution is -1.99. The molecule has 7 heteroatoms. The van der Waals surface area contributed by atoms with Crippen molar-refractivity contribution in [3.8, 4) is 10.6 Å². The van der Waals surface area contributed by atoms with Gasteiger partial charge in [-0.1, -0.05) is 23.5 Å². The third-order valence-corrected chi connectivity index (χ3v) is 5.63. The van der Waals surface area contributed by atoms with E-state index in [1.807, 2.05) is 6.92 Å². The minimum atomic E-state index is 0.809. The van der Waals surface area contributed by atoms with E-state index in [0.717, 1.165) is 33.6 Å². The van der Waals surface area contributed by atoms with Crippen molar-refractivity contribution in [3.63, 3.8) is 0 Å². The molecule has 1 N–H and O–H groups in total. The van der Waals surface area contributed by atoms with E-state index in [4.69, 9.17) is 0 Å². The average Bonchev–Trinajstić information content (AvgIpc) is 3.23. The lowest BCUT2D eigenvalue weighted by Gasteiger charge is -2.07. The summed E-state index contributed by atoms with van der Waals surface area (Å²) in [5.74, 6) is 0.809. The molecule has 2 aromatic heterocycles. The zero-order valence-corrected chi connectivity index (χ0v) is 15.6. The van der Waals surface area contributed by atoms with Crippen molar-refractivity contribution in [3.05, 3.63) is 59.9 Å². The number of rotatable bonds is 5. The van der Waals surface area contributed by atoms with Crippen molar-refractivity contribution in [1.82, 2.24) is 19.8 Å². The Morgan fingerprint density at radius 2 is 1.80 bits per heavy atom. The largest absolute Gasteiger partial charge is 0.381 e. The maximum atomic E-state index is 4.57. The smallest absolute Gasteiger partial charge is 0.234 e. The van der Waals surface area contributed by atoms with E-state index in [1.165, 1.54) is 10.5 Å². The van der Waals surface area contributed by atoms with E-state index in [2.05, 4.69) is 75.4 Å². The second kappa shape index (κ2) is 6.85. The van der Waals surface area contributed by atoms with Crippen LogP contribution in [0.15, 0.2) is 53.4 Å². The Bertz CT molecular complexity index is 987. The summed E-state index contributed by atoms with van der Waals surface area (Å²) in [6.45, 7) is 2.71. The first kappa shape index (κ1) is 16.1. The van der Waals surface area contributed by atoms with Gasteiger partial charge in [-0.25, -0.2) is 0 Å². The van der Waals surface area contributed by atoms with E-state index < -0.39 is 0 Å². The maximum absolute atomic E-state index is 4.57. The fraction of sp³-hybridized carbons (Fsp3) is 0.167. The topological polar surface area (TPSA) is 55.1 Å². The van der Waals surface area contributed by atoms with Crippen molar-refractivity contribution in [2.45, 2.75) is 18.4 Å². The second-order valence-electron chi connectivity index (χ2n) is 5.63. The average molecular weight is 368 g/mol. The van der Waals surface area contributed by atoms with Crippen molar-refractivity contribution in [2.75, 3.05) is 11.6 Å². The van der Waals surface area contributed by atoms with Gasteiger partial charge in [-0.05, 0) is 55.1 Å². The molecule has 2 heterocycles. The van der Waals surface area contributed by atoms with Crippen molar-refractivity contribution < 1.29 is 0 Å². The summed E-state index contributed by atoms with van der Waals surface area (Å²) in [5.41, 5.74) is 3.45. The third-order valence-electron chi connectivity index (χ3n) is 3.93. The van der Waals surface area contributed by atoms with Gasteiger partial charge in [0.05, 0.1) is 0 Å². The first-order valence-electron chi connectivity index (χ1n) is 7.89. The number of nitrogens with one attached hydrogen (secondary N) is 1.